The molecular formula is C15H22N2. The molecule has 0 fully saturated rings. The Morgan fingerprint density at radius 1 is 1.35 bits per heavy atom. The zero-order chi connectivity index (χ0) is 12.7. The van der Waals surface area contributed by atoms with E-state index in [1.165, 1.54) is 11.3 Å². The lowest BCUT2D eigenvalue weighted by molar-refractivity contribution is 0.641. The molecule has 1 aromatic rings. The molecule has 2 heteroatoms. The molecule has 0 aliphatic rings. The standard InChI is InChI=1S/C15H22N2/c1-4-6-10-17(14(5-2)12-16)15-9-7-8-13(3)11-15/h7-9,11,14H,4-6,10H2,1-3H3. The molecule has 0 spiro atoms. The van der Waals surface area contributed by atoms with Crippen molar-refractivity contribution in [1.29, 1.82) is 5.26 Å². The second-order valence-electron chi connectivity index (χ2n) is 4.44. The molecule has 1 aromatic carbocycles. The predicted molar refractivity (Wildman–Crippen MR) is 73.1 cm³/mol. The lowest BCUT2D eigenvalue weighted by Gasteiger charge is -2.29. The first-order chi connectivity index (χ1) is 8.22. The Morgan fingerprint density at radius 3 is 2.65 bits per heavy atom. The molecule has 2 nitrogen and oxygen atoms in total. The fraction of sp³-hybridized carbons (Fsp3) is 0.533. The van der Waals surface area contributed by atoms with E-state index in [9.17, 15) is 5.26 Å². The number of rotatable bonds is 6. The van der Waals surface area contributed by atoms with Crippen LogP contribution in [-0.4, -0.2) is 12.6 Å². The number of hydrogen-bond donors (Lipinski definition) is 0. The Labute approximate surface area is 105 Å². The third kappa shape index (κ3) is 3.78. The quantitative estimate of drug-likeness (QED) is 0.741. The van der Waals surface area contributed by atoms with Gasteiger partial charge in [0.2, 0.25) is 0 Å². The van der Waals surface area contributed by atoms with E-state index in [-0.39, 0.29) is 6.04 Å². The van der Waals surface area contributed by atoms with Gasteiger partial charge in [0, 0.05) is 12.2 Å². The second kappa shape index (κ2) is 6.96. The summed E-state index contributed by atoms with van der Waals surface area (Å²) in [5.74, 6) is 0. The molecule has 0 saturated heterocycles. The number of aryl methyl sites for hydroxylation is 1. The summed E-state index contributed by atoms with van der Waals surface area (Å²) in [6, 6.07) is 10.8. The van der Waals surface area contributed by atoms with Crippen LogP contribution in [0.2, 0.25) is 0 Å². The average molecular weight is 230 g/mol. The summed E-state index contributed by atoms with van der Waals surface area (Å²) >= 11 is 0. The summed E-state index contributed by atoms with van der Waals surface area (Å²) in [5, 5.41) is 9.23. The Balaban J connectivity index is 2.93. The van der Waals surface area contributed by atoms with E-state index < -0.39 is 0 Å². The summed E-state index contributed by atoms with van der Waals surface area (Å²) in [5.41, 5.74) is 2.42. The van der Waals surface area contributed by atoms with Gasteiger partial charge in [0.15, 0.2) is 0 Å². The van der Waals surface area contributed by atoms with E-state index in [1.54, 1.807) is 0 Å². The molecule has 1 unspecified atom stereocenters. The first-order valence-corrected chi connectivity index (χ1v) is 6.45. The monoisotopic (exact) mass is 230 g/mol. The van der Waals surface area contributed by atoms with Crippen molar-refractivity contribution in [2.45, 2.75) is 46.1 Å². The number of nitrogens with zero attached hydrogens (tertiary/aromatic N) is 2. The largest absolute Gasteiger partial charge is 0.356 e. The number of benzene rings is 1. The molecule has 1 rings (SSSR count). The van der Waals surface area contributed by atoms with Crippen molar-refractivity contribution < 1.29 is 0 Å². The summed E-state index contributed by atoms with van der Waals surface area (Å²) in [4.78, 5) is 2.23. The smallest absolute Gasteiger partial charge is 0.116 e. The summed E-state index contributed by atoms with van der Waals surface area (Å²) in [6.45, 7) is 7.31. The van der Waals surface area contributed by atoms with Crippen LogP contribution in [0, 0.1) is 18.3 Å². The van der Waals surface area contributed by atoms with Crippen LogP contribution in [0.1, 0.15) is 38.7 Å². The van der Waals surface area contributed by atoms with Crippen LogP contribution in [0.5, 0.6) is 0 Å². The van der Waals surface area contributed by atoms with Gasteiger partial charge in [0.05, 0.1) is 6.07 Å². The minimum Gasteiger partial charge on any atom is -0.356 e. The van der Waals surface area contributed by atoms with Gasteiger partial charge in [-0.25, -0.2) is 0 Å². The van der Waals surface area contributed by atoms with Crippen LogP contribution in [0.3, 0.4) is 0 Å². The van der Waals surface area contributed by atoms with Crippen molar-refractivity contribution in [3.8, 4) is 6.07 Å². The highest BCUT2D eigenvalue weighted by Crippen LogP contribution is 2.20. The number of hydrogen-bond acceptors (Lipinski definition) is 2. The van der Waals surface area contributed by atoms with Gasteiger partial charge in [-0.05, 0) is 37.5 Å². The highest BCUT2D eigenvalue weighted by Gasteiger charge is 2.16. The predicted octanol–water partition coefficient (Wildman–Crippen LogP) is 3.90. The zero-order valence-electron chi connectivity index (χ0n) is 11.1. The van der Waals surface area contributed by atoms with Crippen molar-refractivity contribution in [1.82, 2.24) is 0 Å². The van der Waals surface area contributed by atoms with Gasteiger partial charge in [-0.15, -0.1) is 0 Å². The van der Waals surface area contributed by atoms with Gasteiger partial charge >= 0.3 is 0 Å². The van der Waals surface area contributed by atoms with Crippen molar-refractivity contribution >= 4 is 5.69 Å². The maximum Gasteiger partial charge on any atom is 0.116 e. The Bertz CT molecular complexity index is 379. The highest BCUT2D eigenvalue weighted by molar-refractivity contribution is 5.50. The Kier molecular flexibility index (Phi) is 5.56. The Morgan fingerprint density at radius 2 is 2.12 bits per heavy atom. The van der Waals surface area contributed by atoms with Crippen molar-refractivity contribution in [3.05, 3.63) is 29.8 Å². The van der Waals surface area contributed by atoms with Crippen molar-refractivity contribution in [2.75, 3.05) is 11.4 Å². The molecular weight excluding hydrogens is 208 g/mol. The van der Waals surface area contributed by atoms with Crippen LogP contribution in [0.4, 0.5) is 5.69 Å². The third-order valence-electron chi connectivity index (χ3n) is 3.00. The first kappa shape index (κ1) is 13.6. The summed E-state index contributed by atoms with van der Waals surface area (Å²) < 4.78 is 0. The van der Waals surface area contributed by atoms with Crippen LogP contribution in [-0.2, 0) is 0 Å². The molecule has 0 aromatic heterocycles. The molecule has 0 N–H and O–H groups in total. The molecule has 0 aliphatic heterocycles. The topological polar surface area (TPSA) is 27.0 Å². The fourth-order valence-electron chi connectivity index (χ4n) is 1.98. The van der Waals surface area contributed by atoms with E-state index in [0.717, 1.165) is 25.8 Å². The van der Waals surface area contributed by atoms with Gasteiger partial charge in [0.1, 0.15) is 6.04 Å². The van der Waals surface area contributed by atoms with E-state index in [0.29, 0.717) is 0 Å². The molecule has 92 valence electrons. The van der Waals surface area contributed by atoms with Crippen molar-refractivity contribution in [2.24, 2.45) is 0 Å². The SMILES string of the molecule is CCCCN(c1cccc(C)c1)C(C#N)CC. The molecule has 0 aliphatic carbocycles. The maximum absolute atomic E-state index is 9.23. The average Bonchev–Trinajstić information content (AvgIpc) is 2.34. The van der Waals surface area contributed by atoms with Gasteiger partial charge in [-0.1, -0.05) is 32.4 Å². The normalized spacial score (nSPS) is 11.9. The summed E-state index contributed by atoms with van der Waals surface area (Å²) in [6.07, 6.45) is 3.16. The summed E-state index contributed by atoms with van der Waals surface area (Å²) in [7, 11) is 0. The number of unbranched alkanes of at least 4 members (excludes halogenated alkanes) is 1. The maximum atomic E-state index is 9.23. The van der Waals surface area contributed by atoms with E-state index in [1.807, 2.05) is 0 Å². The molecule has 1 atom stereocenters. The highest BCUT2D eigenvalue weighted by atomic mass is 15.2. The minimum absolute atomic E-state index is 0.0108. The van der Waals surface area contributed by atoms with Gasteiger partial charge in [-0.3, -0.25) is 0 Å². The number of anilines is 1. The van der Waals surface area contributed by atoms with E-state index in [2.05, 4.69) is 56.0 Å². The van der Waals surface area contributed by atoms with Gasteiger partial charge in [0.25, 0.3) is 0 Å². The molecule has 0 amide bonds. The molecule has 0 saturated carbocycles. The first-order valence-electron chi connectivity index (χ1n) is 6.45. The number of nitriles is 1. The molecule has 0 heterocycles. The Hall–Kier alpha value is -1.49. The molecule has 17 heavy (non-hydrogen) atoms. The van der Waals surface area contributed by atoms with E-state index in [4.69, 9.17) is 0 Å². The van der Waals surface area contributed by atoms with Gasteiger partial charge in [-0.2, -0.15) is 5.26 Å². The second-order valence-corrected chi connectivity index (χ2v) is 4.44. The van der Waals surface area contributed by atoms with Crippen LogP contribution in [0.25, 0.3) is 0 Å². The third-order valence-corrected chi connectivity index (χ3v) is 3.00. The van der Waals surface area contributed by atoms with Crippen molar-refractivity contribution in [3.63, 3.8) is 0 Å². The molecule has 0 radical (unpaired) electrons. The molecule has 0 bridgehead atoms. The van der Waals surface area contributed by atoms with E-state index >= 15 is 0 Å². The fourth-order valence-corrected chi connectivity index (χ4v) is 1.98. The minimum atomic E-state index is -0.0108. The van der Waals surface area contributed by atoms with Crippen LogP contribution >= 0.6 is 0 Å². The lowest BCUT2D eigenvalue weighted by atomic mass is 10.1. The zero-order valence-corrected chi connectivity index (χ0v) is 11.1. The van der Waals surface area contributed by atoms with Crippen LogP contribution in [0.15, 0.2) is 24.3 Å². The lowest BCUT2D eigenvalue weighted by Crippen LogP contribution is -2.34. The van der Waals surface area contributed by atoms with Crippen LogP contribution < -0.4 is 4.90 Å². The van der Waals surface area contributed by atoms with Gasteiger partial charge < -0.3 is 4.90 Å².